The van der Waals surface area contributed by atoms with E-state index in [-0.39, 0.29) is 23.3 Å². The zero-order chi connectivity index (χ0) is 26.9. The Labute approximate surface area is 216 Å². The molecule has 0 aromatic heterocycles. The lowest BCUT2D eigenvalue weighted by atomic mass is 9.93. The molecule has 8 nitrogen and oxygen atoms in total. The number of rotatable bonds is 10. The molecule has 9 heteroatoms. The number of benzene rings is 2. The molecule has 5 N–H and O–H groups in total. The van der Waals surface area contributed by atoms with E-state index in [2.05, 4.69) is 23.5 Å². The first-order valence-corrected chi connectivity index (χ1v) is 11.9. The van der Waals surface area contributed by atoms with E-state index in [1.807, 2.05) is 6.07 Å². The number of piperidine rings is 1. The summed E-state index contributed by atoms with van der Waals surface area (Å²) >= 11 is 0. The van der Waals surface area contributed by atoms with Crippen molar-refractivity contribution in [3.63, 3.8) is 0 Å². The van der Waals surface area contributed by atoms with Crippen LogP contribution in [0.1, 0.15) is 30.1 Å². The van der Waals surface area contributed by atoms with E-state index in [1.54, 1.807) is 42.5 Å². The molecule has 3 rings (SSSR count). The van der Waals surface area contributed by atoms with E-state index in [1.165, 1.54) is 24.1 Å². The molecule has 1 unspecified atom stereocenters. The number of amides is 1. The number of nitrogens with one attached hydrogen (secondary N) is 1. The Kier molecular flexibility index (Phi) is 9.21. The van der Waals surface area contributed by atoms with Gasteiger partial charge in [-0.25, -0.2) is 9.38 Å². The van der Waals surface area contributed by atoms with Gasteiger partial charge in [0.05, 0.1) is 22.8 Å². The van der Waals surface area contributed by atoms with E-state index in [0.29, 0.717) is 54.3 Å². The molecule has 1 aliphatic rings. The number of hydrogen-bond donors (Lipinski definition) is 3. The fourth-order valence-corrected chi connectivity index (χ4v) is 3.91. The van der Waals surface area contributed by atoms with Gasteiger partial charge >= 0.3 is 0 Å². The molecule has 1 amide bonds. The number of ketones is 1. The topological polar surface area (TPSA) is 123 Å². The molecule has 1 saturated heterocycles. The van der Waals surface area contributed by atoms with Crippen LogP contribution in [-0.4, -0.2) is 42.1 Å². The van der Waals surface area contributed by atoms with Crippen molar-refractivity contribution in [3.8, 4) is 5.75 Å². The summed E-state index contributed by atoms with van der Waals surface area (Å²) in [6, 6.07) is 13.6. The Bertz CT molecular complexity index is 1210. The lowest BCUT2D eigenvalue weighted by Crippen LogP contribution is -2.42. The number of nitrogens with two attached hydrogens (primary N) is 2. The van der Waals surface area contributed by atoms with Crippen LogP contribution in [0.25, 0.3) is 0 Å². The quantitative estimate of drug-likeness (QED) is 0.144. The van der Waals surface area contributed by atoms with Crippen molar-refractivity contribution in [3.05, 3.63) is 90.6 Å². The van der Waals surface area contributed by atoms with Gasteiger partial charge in [0.15, 0.2) is 6.17 Å². The number of carbonyl (C=O) groups excluding carboxylic acids is 2. The SMILES string of the molecule is C=CC=N/C(Oc1ccc(C(=O)C(=C)Nc2ccccc2N)cc1)=C(\N)C1CCN(C(=O)C(C)F)CC1. The number of anilines is 2. The number of carbonyl (C=O) groups is 2. The van der Waals surface area contributed by atoms with Gasteiger partial charge in [-0.1, -0.05) is 31.4 Å². The van der Waals surface area contributed by atoms with Gasteiger partial charge in [-0.05, 0) is 56.2 Å². The molecule has 0 spiro atoms. The van der Waals surface area contributed by atoms with Crippen LogP contribution < -0.4 is 21.5 Å². The average molecular weight is 506 g/mol. The van der Waals surface area contributed by atoms with E-state index in [0.717, 1.165) is 0 Å². The van der Waals surface area contributed by atoms with Crippen molar-refractivity contribution >= 4 is 29.3 Å². The molecule has 1 fully saturated rings. The Balaban J connectivity index is 1.70. The van der Waals surface area contributed by atoms with Gasteiger partial charge in [-0.3, -0.25) is 9.59 Å². The molecule has 2 aromatic rings. The standard InChI is InChI=1S/C28H32FN5O3/c1-4-15-32-27(25(31)20-13-16-34(17-14-20)28(36)18(2)29)37-22-11-9-21(10-12-22)26(35)19(3)33-24-8-6-5-7-23(24)30/h4-12,15,18,20,33H,1,3,13-14,16-17,30-31H2,2H3/b27-25+,32-15?. The van der Waals surface area contributed by atoms with Crippen LogP contribution in [0, 0.1) is 5.92 Å². The summed E-state index contributed by atoms with van der Waals surface area (Å²) in [5, 5.41) is 2.95. The Hall–Kier alpha value is -4.40. The maximum atomic E-state index is 13.4. The molecule has 1 heterocycles. The van der Waals surface area contributed by atoms with Crippen molar-refractivity contribution < 1.29 is 18.7 Å². The zero-order valence-corrected chi connectivity index (χ0v) is 20.8. The van der Waals surface area contributed by atoms with Gasteiger partial charge in [-0.2, -0.15) is 0 Å². The maximum absolute atomic E-state index is 13.4. The minimum atomic E-state index is -1.53. The second-order valence-electron chi connectivity index (χ2n) is 8.64. The molecule has 2 aromatic carbocycles. The van der Waals surface area contributed by atoms with Crippen LogP contribution in [0.2, 0.25) is 0 Å². The second kappa shape index (κ2) is 12.5. The summed E-state index contributed by atoms with van der Waals surface area (Å²) in [6.07, 6.45) is 2.57. The fourth-order valence-electron chi connectivity index (χ4n) is 3.91. The predicted octanol–water partition coefficient (Wildman–Crippen LogP) is 4.44. The number of ether oxygens (including phenoxy) is 1. The van der Waals surface area contributed by atoms with Crippen LogP contribution in [0.3, 0.4) is 0 Å². The maximum Gasteiger partial charge on any atom is 0.256 e. The van der Waals surface area contributed by atoms with Crippen LogP contribution in [0.5, 0.6) is 5.75 Å². The van der Waals surface area contributed by atoms with E-state index >= 15 is 0 Å². The molecular weight excluding hydrogens is 473 g/mol. The first-order chi connectivity index (χ1) is 17.7. The van der Waals surface area contributed by atoms with Crippen molar-refractivity contribution in [2.75, 3.05) is 24.1 Å². The number of allylic oxidation sites excluding steroid dienone is 3. The number of para-hydroxylation sites is 2. The third-order valence-electron chi connectivity index (χ3n) is 5.98. The molecule has 37 heavy (non-hydrogen) atoms. The summed E-state index contributed by atoms with van der Waals surface area (Å²) in [5.41, 5.74) is 14.5. The average Bonchev–Trinajstić information content (AvgIpc) is 2.91. The molecule has 0 aliphatic carbocycles. The number of halogens is 1. The normalized spacial score (nSPS) is 15.6. The minimum Gasteiger partial charge on any atom is -0.437 e. The zero-order valence-electron chi connectivity index (χ0n) is 20.8. The molecule has 194 valence electrons. The highest BCUT2D eigenvalue weighted by Crippen LogP contribution is 2.27. The van der Waals surface area contributed by atoms with Gasteiger partial charge in [0.2, 0.25) is 11.7 Å². The highest BCUT2D eigenvalue weighted by Gasteiger charge is 2.28. The fraction of sp³-hybridized carbons (Fsp3) is 0.250. The van der Waals surface area contributed by atoms with E-state index in [9.17, 15) is 14.0 Å². The third kappa shape index (κ3) is 7.07. The van der Waals surface area contributed by atoms with Gasteiger partial charge in [-0.15, -0.1) is 0 Å². The third-order valence-corrected chi connectivity index (χ3v) is 5.98. The summed E-state index contributed by atoms with van der Waals surface area (Å²) in [6.45, 7) is 9.51. The highest BCUT2D eigenvalue weighted by atomic mass is 19.1. The molecule has 1 aliphatic heterocycles. The summed E-state index contributed by atoms with van der Waals surface area (Å²) < 4.78 is 19.3. The molecular formula is C28H32FN5O3. The van der Waals surface area contributed by atoms with Crippen molar-refractivity contribution in [2.45, 2.75) is 25.9 Å². The summed E-state index contributed by atoms with van der Waals surface area (Å²) in [7, 11) is 0. The van der Waals surface area contributed by atoms with E-state index < -0.39 is 12.1 Å². The van der Waals surface area contributed by atoms with Crippen molar-refractivity contribution in [1.82, 2.24) is 4.90 Å². The van der Waals surface area contributed by atoms with Gasteiger partial charge < -0.3 is 26.4 Å². The van der Waals surface area contributed by atoms with Crippen molar-refractivity contribution in [1.29, 1.82) is 0 Å². The number of alkyl halides is 1. The van der Waals surface area contributed by atoms with Gasteiger partial charge in [0.1, 0.15) is 5.75 Å². The van der Waals surface area contributed by atoms with Gasteiger partial charge in [0, 0.05) is 30.8 Å². The first-order valence-electron chi connectivity index (χ1n) is 11.9. The molecule has 0 saturated carbocycles. The number of aliphatic imine (C=N–C) groups is 1. The Morgan fingerprint density at radius 3 is 2.43 bits per heavy atom. The van der Waals surface area contributed by atoms with Crippen LogP contribution >= 0.6 is 0 Å². The smallest absolute Gasteiger partial charge is 0.256 e. The van der Waals surface area contributed by atoms with Gasteiger partial charge in [0.25, 0.3) is 5.91 Å². The molecule has 0 bridgehead atoms. The molecule has 1 atom stereocenters. The number of nitrogens with zero attached hydrogens (tertiary/aromatic N) is 2. The summed E-state index contributed by atoms with van der Waals surface area (Å²) in [5.74, 6) is -0.258. The Morgan fingerprint density at radius 1 is 1.19 bits per heavy atom. The number of Topliss-reactive ketones (excluding diaryl/α,β-unsaturated/α-hetero) is 1. The van der Waals surface area contributed by atoms with E-state index in [4.69, 9.17) is 16.2 Å². The minimum absolute atomic E-state index is 0.0865. The number of likely N-dealkylation sites (tertiary alicyclic amines) is 1. The summed E-state index contributed by atoms with van der Waals surface area (Å²) in [4.78, 5) is 30.5. The Morgan fingerprint density at radius 2 is 1.84 bits per heavy atom. The first kappa shape index (κ1) is 27.2. The largest absolute Gasteiger partial charge is 0.437 e. The number of nitrogen functional groups attached to an aromatic ring is 1. The van der Waals surface area contributed by atoms with Crippen LogP contribution in [-0.2, 0) is 4.79 Å². The molecule has 0 radical (unpaired) electrons. The second-order valence-corrected chi connectivity index (χ2v) is 8.64. The van der Waals surface area contributed by atoms with Crippen LogP contribution in [0.4, 0.5) is 15.8 Å². The number of hydrogen-bond acceptors (Lipinski definition) is 7. The predicted molar refractivity (Wildman–Crippen MR) is 145 cm³/mol. The highest BCUT2D eigenvalue weighted by molar-refractivity contribution is 6.10. The van der Waals surface area contributed by atoms with Crippen LogP contribution in [0.15, 0.2) is 90.0 Å². The lowest BCUT2D eigenvalue weighted by molar-refractivity contribution is -0.137. The lowest BCUT2D eigenvalue weighted by Gasteiger charge is -2.32. The van der Waals surface area contributed by atoms with Crippen molar-refractivity contribution in [2.24, 2.45) is 16.6 Å². The monoisotopic (exact) mass is 505 g/mol.